The van der Waals surface area contributed by atoms with Gasteiger partial charge >= 0.3 is 6.09 Å². The third-order valence-corrected chi connectivity index (χ3v) is 7.16. The first-order valence-corrected chi connectivity index (χ1v) is 12.9. The lowest BCUT2D eigenvalue weighted by atomic mass is 10.2. The van der Waals surface area contributed by atoms with E-state index >= 15 is 8.78 Å². The summed E-state index contributed by atoms with van der Waals surface area (Å²) in [6, 6.07) is 4.19. The van der Waals surface area contributed by atoms with E-state index in [2.05, 4.69) is 20.3 Å². The SMILES string of the molecule is CC(C)(C)OC(=O)N1C[C@@H]2C[C@H]1CN2c1nc2c(Nc3ccc(OC4CC4)c(Cl)c3F)ncnc2cc1F. The zero-order chi connectivity index (χ0) is 26.8. The Hall–Kier alpha value is -3.47. The summed E-state index contributed by atoms with van der Waals surface area (Å²) in [6.45, 7) is 6.30. The lowest BCUT2D eigenvalue weighted by Crippen LogP contribution is -2.50. The van der Waals surface area contributed by atoms with Crippen LogP contribution in [0.3, 0.4) is 0 Å². The summed E-state index contributed by atoms with van der Waals surface area (Å²) in [6.07, 6.45) is 3.50. The number of benzene rings is 1. The van der Waals surface area contributed by atoms with Crippen molar-refractivity contribution in [1.82, 2.24) is 19.9 Å². The smallest absolute Gasteiger partial charge is 0.410 e. The van der Waals surface area contributed by atoms with Gasteiger partial charge in [0.15, 0.2) is 23.3 Å². The molecule has 1 aliphatic carbocycles. The molecular formula is C26H27ClF2N6O3. The van der Waals surface area contributed by atoms with E-state index in [-0.39, 0.29) is 63.4 Å². The van der Waals surface area contributed by atoms with Gasteiger partial charge in [-0.1, -0.05) is 11.6 Å². The van der Waals surface area contributed by atoms with E-state index in [9.17, 15) is 4.79 Å². The molecule has 38 heavy (non-hydrogen) atoms. The van der Waals surface area contributed by atoms with Gasteiger partial charge in [-0.25, -0.2) is 28.5 Å². The second-order valence-electron chi connectivity index (χ2n) is 10.9. The number of amides is 1. The van der Waals surface area contributed by atoms with E-state index in [4.69, 9.17) is 21.1 Å². The molecule has 2 aliphatic heterocycles. The van der Waals surface area contributed by atoms with E-state index in [1.807, 2.05) is 25.7 Å². The number of rotatable bonds is 5. The molecule has 2 saturated heterocycles. The summed E-state index contributed by atoms with van der Waals surface area (Å²) in [5.74, 6) is -0.579. The first kappa shape index (κ1) is 24.8. The van der Waals surface area contributed by atoms with Gasteiger partial charge in [0.05, 0.1) is 29.4 Å². The highest BCUT2D eigenvalue weighted by Crippen LogP contribution is 2.39. The summed E-state index contributed by atoms with van der Waals surface area (Å²) < 4.78 is 41.5. The molecule has 2 aromatic heterocycles. The quantitative estimate of drug-likeness (QED) is 0.454. The third kappa shape index (κ3) is 4.63. The predicted octanol–water partition coefficient (Wildman–Crippen LogP) is 5.44. The summed E-state index contributed by atoms with van der Waals surface area (Å²) in [5, 5.41) is 2.81. The third-order valence-electron chi connectivity index (χ3n) is 6.80. The highest BCUT2D eigenvalue weighted by molar-refractivity contribution is 6.32. The number of nitrogens with zero attached hydrogens (tertiary/aromatic N) is 5. The maximum Gasteiger partial charge on any atom is 0.410 e. The lowest BCUT2D eigenvalue weighted by Gasteiger charge is -2.35. The molecule has 6 rings (SSSR count). The van der Waals surface area contributed by atoms with E-state index < -0.39 is 17.2 Å². The molecule has 0 unspecified atom stereocenters. The fourth-order valence-corrected chi connectivity index (χ4v) is 5.14. The second kappa shape index (κ2) is 9.07. The van der Waals surface area contributed by atoms with E-state index in [1.165, 1.54) is 18.5 Å². The molecule has 200 valence electrons. The second-order valence-corrected chi connectivity index (χ2v) is 11.3. The van der Waals surface area contributed by atoms with Crippen LogP contribution >= 0.6 is 11.6 Å². The lowest BCUT2D eigenvalue weighted by molar-refractivity contribution is 0.0214. The highest BCUT2D eigenvalue weighted by Gasteiger charge is 2.47. The number of hydrogen-bond donors (Lipinski definition) is 1. The monoisotopic (exact) mass is 544 g/mol. The zero-order valence-corrected chi connectivity index (χ0v) is 21.9. The van der Waals surface area contributed by atoms with E-state index in [0.717, 1.165) is 12.8 Å². The Morgan fingerprint density at radius 3 is 2.63 bits per heavy atom. The largest absolute Gasteiger partial charge is 0.489 e. The number of likely N-dealkylation sites (tertiary alicyclic amines) is 1. The fourth-order valence-electron chi connectivity index (χ4n) is 4.93. The molecule has 1 aromatic carbocycles. The van der Waals surface area contributed by atoms with Crippen LogP contribution < -0.4 is 15.0 Å². The van der Waals surface area contributed by atoms with Crippen LogP contribution in [0, 0.1) is 11.6 Å². The number of fused-ring (bicyclic) bond motifs is 3. The molecule has 12 heteroatoms. The minimum absolute atomic E-state index is 0.0751. The van der Waals surface area contributed by atoms with Crippen molar-refractivity contribution in [2.45, 2.75) is 63.8 Å². The standard InChI is InChI=1S/C26H27ClF2N6O3/c1-26(2,3)38-25(36)35-11-13-8-14(35)10-34(13)24-16(28)9-18-22(33-24)23(31-12-30-18)32-17-6-7-19(20(27)21(17)29)37-15-4-5-15/h6-7,9,12-15H,4-5,8,10-11H2,1-3H3,(H,30,31,32)/t13-,14-/m0/s1. The van der Waals surface area contributed by atoms with Gasteiger partial charge in [0, 0.05) is 19.2 Å². The van der Waals surface area contributed by atoms with Gasteiger partial charge < -0.3 is 24.6 Å². The van der Waals surface area contributed by atoms with Gasteiger partial charge in [0.1, 0.15) is 28.2 Å². The van der Waals surface area contributed by atoms with Crippen molar-refractivity contribution >= 4 is 46.1 Å². The average Bonchev–Trinajstić information content (AvgIpc) is 3.44. The van der Waals surface area contributed by atoms with Crippen LogP contribution in [-0.2, 0) is 4.74 Å². The number of halogens is 3. The molecule has 0 spiro atoms. The number of nitrogens with one attached hydrogen (secondary N) is 1. The Labute approximate surface area is 223 Å². The topological polar surface area (TPSA) is 92.7 Å². The molecule has 2 bridgehead atoms. The molecule has 1 saturated carbocycles. The average molecular weight is 545 g/mol. The van der Waals surface area contributed by atoms with Gasteiger partial charge in [-0.2, -0.15) is 0 Å². The van der Waals surface area contributed by atoms with Crippen LogP contribution in [0.5, 0.6) is 5.75 Å². The van der Waals surface area contributed by atoms with Crippen molar-refractivity contribution in [2.24, 2.45) is 0 Å². The van der Waals surface area contributed by atoms with Crippen LogP contribution in [0.25, 0.3) is 11.0 Å². The van der Waals surface area contributed by atoms with Gasteiger partial charge in [-0.15, -0.1) is 0 Å². The fraction of sp³-hybridized carbons (Fsp3) is 0.462. The first-order valence-electron chi connectivity index (χ1n) is 12.6. The minimum atomic E-state index is -0.682. The van der Waals surface area contributed by atoms with Crippen LogP contribution in [0.4, 0.5) is 30.9 Å². The highest BCUT2D eigenvalue weighted by atomic mass is 35.5. The Kier molecular flexibility index (Phi) is 5.93. The molecule has 2 atom stereocenters. The van der Waals surface area contributed by atoms with Crippen molar-refractivity contribution in [1.29, 1.82) is 0 Å². The molecule has 9 nitrogen and oxygen atoms in total. The number of piperazine rings is 1. The molecule has 1 amide bonds. The van der Waals surface area contributed by atoms with Crippen LogP contribution in [0.15, 0.2) is 24.5 Å². The van der Waals surface area contributed by atoms with E-state index in [1.54, 1.807) is 11.0 Å². The number of anilines is 3. The van der Waals surface area contributed by atoms with Crippen LogP contribution in [0.1, 0.15) is 40.0 Å². The molecule has 4 heterocycles. The van der Waals surface area contributed by atoms with Gasteiger partial charge in [-0.3, -0.25) is 0 Å². The molecule has 3 aromatic rings. The van der Waals surface area contributed by atoms with Gasteiger partial charge in [0.2, 0.25) is 0 Å². The number of ether oxygens (including phenoxy) is 2. The molecular weight excluding hydrogens is 518 g/mol. The maximum atomic E-state index is 15.2. The number of pyridine rings is 1. The summed E-state index contributed by atoms with van der Waals surface area (Å²) in [5.41, 5.74) is 0.0367. The van der Waals surface area contributed by atoms with E-state index in [0.29, 0.717) is 19.5 Å². The number of hydrogen-bond acceptors (Lipinski definition) is 8. The molecule has 3 aliphatic rings. The molecule has 0 radical (unpaired) electrons. The van der Waals surface area contributed by atoms with Crippen molar-refractivity contribution in [3.63, 3.8) is 0 Å². The van der Waals surface area contributed by atoms with Gasteiger partial charge in [-0.05, 0) is 52.2 Å². The minimum Gasteiger partial charge on any atom is -0.489 e. The van der Waals surface area contributed by atoms with Crippen LogP contribution in [-0.4, -0.2) is 62.8 Å². The van der Waals surface area contributed by atoms with Crippen molar-refractivity contribution in [3.05, 3.63) is 41.2 Å². The predicted molar refractivity (Wildman–Crippen MR) is 138 cm³/mol. The van der Waals surface area contributed by atoms with Crippen molar-refractivity contribution in [3.8, 4) is 5.75 Å². The van der Waals surface area contributed by atoms with Crippen molar-refractivity contribution < 1.29 is 23.0 Å². The Morgan fingerprint density at radius 1 is 1.16 bits per heavy atom. The summed E-state index contributed by atoms with van der Waals surface area (Å²) >= 11 is 6.21. The molecule has 3 fully saturated rings. The van der Waals surface area contributed by atoms with Gasteiger partial charge in [0.25, 0.3) is 0 Å². The summed E-state index contributed by atoms with van der Waals surface area (Å²) in [4.78, 5) is 29.1. The molecule has 1 N–H and O–H groups in total. The Morgan fingerprint density at radius 2 is 1.95 bits per heavy atom. The number of carbonyl (C=O) groups excluding carboxylic acids is 1. The number of aromatic nitrogens is 3. The Balaban J connectivity index is 1.26. The van der Waals surface area contributed by atoms with Crippen molar-refractivity contribution in [2.75, 3.05) is 23.3 Å². The summed E-state index contributed by atoms with van der Waals surface area (Å²) in [7, 11) is 0. The maximum absolute atomic E-state index is 15.2. The number of carbonyl (C=O) groups is 1. The normalized spacial score (nSPS) is 20.8. The zero-order valence-electron chi connectivity index (χ0n) is 21.2. The Bertz CT molecular complexity index is 1430. The first-order chi connectivity index (χ1) is 18.1. The van der Waals surface area contributed by atoms with Crippen LogP contribution in [0.2, 0.25) is 5.02 Å².